The molecule has 138 valence electrons. The lowest BCUT2D eigenvalue weighted by Gasteiger charge is -2.27. The molecule has 0 unspecified atom stereocenters. The number of aromatic nitrogens is 3. The number of hydrogen-bond donors (Lipinski definition) is 1. The fraction of sp³-hybridized carbons (Fsp3) is 0.588. The number of anilines is 1. The van der Waals surface area contributed by atoms with E-state index in [4.69, 9.17) is 9.47 Å². The molecule has 8 heteroatoms. The first-order valence-electron chi connectivity index (χ1n) is 8.43. The van der Waals surface area contributed by atoms with E-state index in [1.54, 1.807) is 12.4 Å². The van der Waals surface area contributed by atoms with Crippen molar-refractivity contribution in [1.29, 1.82) is 0 Å². The van der Waals surface area contributed by atoms with Crippen LogP contribution in [0.4, 0.5) is 10.5 Å². The largest absolute Gasteiger partial charge is 0.443 e. The molecule has 0 radical (unpaired) electrons. The minimum atomic E-state index is -1.19. The summed E-state index contributed by atoms with van der Waals surface area (Å²) in [5.74, 6) is 0. The van der Waals surface area contributed by atoms with Gasteiger partial charge in [0.1, 0.15) is 12.3 Å². The van der Waals surface area contributed by atoms with Crippen LogP contribution >= 0.6 is 0 Å². The van der Waals surface area contributed by atoms with Crippen molar-refractivity contribution >= 4 is 30.9 Å². The Morgan fingerprint density at radius 2 is 2.00 bits per heavy atom. The molecule has 0 aliphatic rings. The van der Waals surface area contributed by atoms with Gasteiger partial charge in [0.05, 0.1) is 18.1 Å². The molecular weight excluding hydrogens is 336 g/mol. The van der Waals surface area contributed by atoms with Crippen molar-refractivity contribution in [3.8, 4) is 0 Å². The first-order valence-corrected chi connectivity index (χ1v) is 12.1. The Labute approximate surface area is 149 Å². The van der Waals surface area contributed by atoms with Gasteiger partial charge in [0.25, 0.3) is 0 Å². The monoisotopic (exact) mass is 364 g/mol. The molecule has 0 bridgehead atoms. The van der Waals surface area contributed by atoms with Gasteiger partial charge in [0, 0.05) is 20.1 Å². The van der Waals surface area contributed by atoms with Crippen LogP contribution in [0.15, 0.2) is 18.5 Å². The van der Waals surface area contributed by atoms with Crippen LogP contribution in [-0.2, 0) is 9.47 Å². The maximum Gasteiger partial charge on any atom is 0.416 e. The highest BCUT2D eigenvalue weighted by Crippen LogP contribution is 2.21. The second-order valence-electron chi connectivity index (χ2n) is 8.26. The van der Waals surface area contributed by atoms with Crippen molar-refractivity contribution in [2.45, 2.75) is 52.1 Å². The second-order valence-corrected chi connectivity index (χ2v) is 13.9. The molecule has 0 spiro atoms. The number of amides is 1. The zero-order valence-electron chi connectivity index (χ0n) is 15.9. The molecule has 2 aromatic heterocycles. The smallest absolute Gasteiger partial charge is 0.416 e. The van der Waals surface area contributed by atoms with Gasteiger partial charge in [-0.25, -0.2) is 9.78 Å². The second kappa shape index (κ2) is 7.53. The van der Waals surface area contributed by atoms with Gasteiger partial charge in [-0.3, -0.25) is 10.00 Å². The summed E-state index contributed by atoms with van der Waals surface area (Å²) in [4.78, 5) is 18.4. The van der Waals surface area contributed by atoms with E-state index >= 15 is 0 Å². The summed E-state index contributed by atoms with van der Waals surface area (Å²) in [6, 6.07) is 2.88. The van der Waals surface area contributed by atoms with Crippen LogP contribution in [0.3, 0.4) is 0 Å². The van der Waals surface area contributed by atoms with Crippen molar-refractivity contribution in [3.63, 3.8) is 0 Å². The molecule has 1 N–H and O–H groups in total. The van der Waals surface area contributed by atoms with Gasteiger partial charge in [-0.05, 0) is 32.9 Å². The number of fused-ring (bicyclic) bond motifs is 1. The summed E-state index contributed by atoms with van der Waals surface area (Å²) in [5, 5.41) is 7.59. The SMILES string of the molecule is CC(C)(C)OC(=O)N(COCC[Si](C)(C)C)c1cnc2[nH]ncc2c1. The summed E-state index contributed by atoms with van der Waals surface area (Å²) in [5.41, 5.74) is 0.713. The minimum absolute atomic E-state index is 0.129. The molecule has 25 heavy (non-hydrogen) atoms. The van der Waals surface area contributed by atoms with Crippen molar-refractivity contribution in [2.24, 2.45) is 0 Å². The summed E-state index contributed by atoms with van der Waals surface area (Å²) >= 11 is 0. The number of nitrogens with zero attached hydrogens (tertiary/aromatic N) is 3. The van der Waals surface area contributed by atoms with Crippen molar-refractivity contribution in [1.82, 2.24) is 15.2 Å². The highest BCUT2D eigenvalue weighted by Gasteiger charge is 2.24. The number of hydrogen-bond acceptors (Lipinski definition) is 5. The quantitative estimate of drug-likeness (QED) is 0.476. The number of aromatic amines is 1. The Kier molecular flexibility index (Phi) is 5.84. The van der Waals surface area contributed by atoms with E-state index < -0.39 is 19.8 Å². The zero-order valence-corrected chi connectivity index (χ0v) is 16.9. The summed E-state index contributed by atoms with van der Waals surface area (Å²) in [6.07, 6.45) is 2.84. The molecule has 1 amide bonds. The molecule has 2 rings (SSSR count). The lowest BCUT2D eigenvalue weighted by molar-refractivity contribution is 0.0500. The molecule has 7 nitrogen and oxygen atoms in total. The lowest BCUT2D eigenvalue weighted by Crippen LogP contribution is -2.38. The Morgan fingerprint density at radius 1 is 1.28 bits per heavy atom. The molecule has 0 saturated carbocycles. The average Bonchev–Trinajstić information content (AvgIpc) is 2.91. The number of pyridine rings is 1. The average molecular weight is 365 g/mol. The number of rotatable bonds is 6. The number of H-pyrrole nitrogens is 1. The maximum absolute atomic E-state index is 12.6. The van der Waals surface area contributed by atoms with Crippen molar-refractivity contribution in [3.05, 3.63) is 18.5 Å². The van der Waals surface area contributed by atoms with Crippen LogP contribution in [0.2, 0.25) is 25.7 Å². The number of carbonyl (C=O) groups is 1. The number of ether oxygens (including phenoxy) is 2. The van der Waals surface area contributed by atoms with Gasteiger partial charge >= 0.3 is 6.09 Å². The first-order chi connectivity index (χ1) is 11.6. The number of carbonyl (C=O) groups excluding carboxylic acids is 1. The van der Waals surface area contributed by atoms with Gasteiger partial charge in [0.2, 0.25) is 0 Å². The molecule has 0 saturated heterocycles. The summed E-state index contributed by atoms with van der Waals surface area (Å²) < 4.78 is 11.3. The van der Waals surface area contributed by atoms with E-state index in [1.165, 1.54) is 4.90 Å². The van der Waals surface area contributed by atoms with Crippen LogP contribution in [0.5, 0.6) is 0 Å². The zero-order chi connectivity index (χ0) is 18.7. The molecule has 0 aliphatic heterocycles. The minimum Gasteiger partial charge on any atom is -0.443 e. The maximum atomic E-state index is 12.6. The normalized spacial score (nSPS) is 12.4. The summed E-state index contributed by atoms with van der Waals surface area (Å²) in [6.45, 7) is 13.1. The van der Waals surface area contributed by atoms with E-state index in [1.807, 2.05) is 26.8 Å². The van der Waals surface area contributed by atoms with Gasteiger partial charge in [-0.15, -0.1) is 0 Å². The van der Waals surface area contributed by atoms with Gasteiger partial charge in [-0.1, -0.05) is 19.6 Å². The third-order valence-electron chi connectivity index (χ3n) is 3.42. The van der Waals surface area contributed by atoms with Crippen LogP contribution in [0.25, 0.3) is 11.0 Å². The molecule has 0 fully saturated rings. The van der Waals surface area contributed by atoms with E-state index in [0.29, 0.717) is 17.9 Å². The van der Waals surface area contributed by atoms with E-state index in [9.17, 15) is 4.79 Å². The first kappa shape index (κ1) is 19.4. The van der Waals surface area contributed by atoms with Crippen LogP contribution in [0.1, 0.15) is 20.8 Å². The fourth-order valence-corrected chi connectivity index (χ4v) is 2.81. The third kappa shape index (κ3) is 6.13. The standard InChI is InChI=1S/C17H28N4O3Si/c1-17(2,3)24-16(22)21(12-23-7-8-25(4,5)6)14-9-13-10-19-20-15(13)18-11-14/h9-11H,7-8,12H2,1-6H3,(H,18,19,20). The van der Waals surface area contributed by atoms with E-state index in [0.717, 1.165) is 11.4 Å². The fourth-order valence-electron chi connectivity index (χ4n) is 2.06. The highest BCUT2D eigenvalue weighted by atomic mass is 28.3. The van der Waals surface area contributed by atoms with Crippen LogP contribution < -0.4 is 4.90 Å². The van der Waals surface area contributed by atoms with Crippen LogP contribution in [-0.4, -0.2) is 48.3 Å². The Bertz CT molecular complexity index is 718. The Hall–Kier alpha value is -1.93. The molecule has 0 aliphatic carbocycles. The van der Waals surface area contributed by atoms with Crippen LogP contribution in [0, 0.1) is 0 Å². The molecule has 0 atom stereocenters. The molecule has 2 aromatic rings. The van der Waals surface area contributed by atoms with E-state index in [-0.39, 0.29) is 6.73 Å². The highest BCUT2D eigenvalue weighted by molar-refractivity contribution is 6.76. The lowest BCUT2D eigenvalue weighted by atomic mass is 10.2. The molecule has 2 heterocycles. The Balaban J connectivity index is 2.14. The third-order valence-corrected chi connectivity index (χ3v) is 5.12. The van der Waals surface area contributed by atoms with Gasteiger partial charge in [0.15, 0.2) is 5.65 Å². The van der Waals surface area contributed by atoms with Crippen molar-refractivity contribution in [2.75, 3.05) is 18.2 Å². The van der Waals surface area contributed by atoms with Crippen molar-refractivity contribution < 1.29 is 14.3 Å². The summed E-state index contributed by atoms with van der Waals surface area (Å²) in [7, 11) is -1.19. The number of nitrogens with one attached hydrogen (secondary N) is 1. The topological polar surface area (TPSA) is 80.3 Å². The van der Waals surface area contributed by atoms with E-state index in [2.05, 4.69) is 34.8 Å². The predicted octanol–water partition coefficient (Wildman–Crippen LogP) is 4.01. The van der Waals surface area contributed by atoms with Gasteiger partial charge < -0.3 is 9.47 Å². The molecule has 0 aromatic carbocycles. The predicted molar refractivity (Wildman–Crippen MR) is 102 cm³/mol. The molecular formula is C17H28N4O3Si. The van der Waals surface area contributed by atoms with Gasteiger partial charge in [-0.2, -0.15) is 5.10 Å². The Morgan fingerprint density at radius 3 is 2.64 bits per heavy atom.